The summed E-state index contributed by atoms with van der Waals surface area (Å²) >= 11 is 0. The molecule has 1 fully saturated rings. The number of aromatic nitrogens is 4. The van der Waals surface area contributed by atoms with Gasteiger partial charge in [-0.05, 0) is 25.9 Å². The van der Waals surface area contributed by atoms with Crippen molar-refractivity contribution < 1.29 is 0 Å². The number of imidazole rings is 1. The maximum absolute atomic E-state index is 11.5. The lowest BCUT2D eigenvalue weighted by atomic mass is 9.95. The van der Waals surface area contributed by atoms with Crippen molar-refractivity contribution in [3.05, 3.63) is 28.7 Å². The third-order valence-electron chi connectivity index (χ3n) is 3.18. The highest BCUT2D eigenvalue weighted by Gasteiger charge is 2.23. The van der Waals surface area contributed by atoms with Crippen molar-refractivity contribution in [1.82, 2.24) is 24.4 Å². The van der Waals surface area contributed by atoms with Crippen LogP contribution in [0.3, 0.4) is 0 Å². The summed E-state index contributed by atoms with van der Waals surface area (Å²) < 4.78 is 1.61. The minimum absolute atomic E-state index is 0.167. The number of hydrogen-bond acceptors (Lipinski definition) is 4. The molecule has 1 atom stereocenters. The number of nitrogens with zero attached hydrogens (tertiary/aromatic N) is 4. The first-order valence-corrected chi connectivity index (χ1v) is 5.66. The largest absolute Gasteiger partial charge is 0.353 e. The van der Waals surface area contributed by atoms with Gasteiger partial charge in [-0.3, -0.25) is 4.79 Å². The molecule has 0 aliphatic carbocycles. The molecule has 17 heavy (non-hydrogen) atoms. The molecule has 7 heteroatoms. The molecule has 86 valence electrons. The van der Waals surface area contributed by atoms with E-state index in [4.69, 9.17) is 7.98 Å². The lowest BCUT2D eigenvalue weighted by Crippen LogP contribution is -2.33. The van der Waals surface area contributed by atoms with Crippen molar-refractivity contribution in [2.75, 3.05) is 13.1 Å². The smallest absolute Gasteiger partial charge is 0.276 e. The second-order valence-corrected chi connectivity index (χ2v) is 4.37. The molecule has 2 aromatic heterocycles. The Bertz CT molecular complexity index is 592. The highest BCUT2D eigenvalue weighted by Crippen LogP contribution is 2.24. The van der Waals surface area contributed by atoms with Gasteiger partial charge in [0.2, 0.25) is 0 Å². The topological polar surface area (TPSA) is 66.3 Å². The van der Waals surface area contributed by atoms with Crippen molar-refractivity contribution in [2.45, 2.75) is 18.8 Å². The summed E-state index contributed by atoms with van der Waals surface area (Å²) in [5, 5.41) is 4.14. The van der Waals surface area contributed by atoms with E-state index in [2.05, 4.69) is 15.1 Å². The molecule has 0 amide bonds. The van der Waals surface area contributed by atoms with Crippen molar-refractivity contribution in [2.24, 2.45) is 0 Å². The number of hydrogen-bond donors (Lipinski definition) is 1. The number of nitrogens with one attached hydrogen (secondary N) is 1. The van der Waals surface area contributed by atoms with E-state index >= 15 is 0 Å². The van der Waals surface area contributed by atoms with Crippen molar-refractivity contribution in [3.63, 3.8) is 0 Å². The Morgan fingerprint density at radius 3 is 3.24 bits per heavy atom. The van der Waals surface area contributed by atoms with Crippen LogP contribution in [0.1, 0.15) is 24.6 Å². The van der Waals surface area contributed by atoms with Gasteiger partial charge in [0.25, 0.3) is 5.56 Å². The Hall–Kier alpha value is -1.63. The Morgan fingerprint density at radius 1 is 1.53 bits per heavy atom. The molecule has 1 N–H and O–H groups in total. The zero-order chi connectivity index (χ0) is 11.8. The molecular formula is C10H12BN5O. The first-order valence-electron chi connectivity index (χ1n) is 5.66. The minimum atomic E-state index is -0.167. The number of aromatic amines is 1. The molecule has 1 aliphatic rings. The van der Waals surface area contributed by atoms with Crippen LogP contribution in [-0.2, 0) is 0 Å². The average Bonchev–Trinajstić information content (AvgIpc) is 2.74. The lowest BCUT2D eigenvalue weighted by molar-refractivity contribution is 0.321. The van der Waals surface area contributed by atoms with Gasteiger partial charge >= 0.3 is 0 Å². The zero-order valence-electron chi connectivity index (χ0n) is 9.33. The predicted molar refractivity (Wildman–Crippen MR) is 62.9 cm³/mol. The van der Waals surface area contributed by atoms with E-state index in [0.29, 0.717) is 5.52 Å². The normalized spacial score (nSPS) is 22.0. The fraction of sp³-hybridized carbons (Fsp3) is 0.500. The summed E-state index contributed by atoms with van der Waals surface area (Å²) in [7, 11) is 5.81. The Balaban J connectivity index is 2.06. The number of fused-ring (bicyclic) bond motifs is 1. The van der Waals surface area contributed by atoms with E-state index in [-0.39, 0.29) is 11.5 Å². The fourth-order valence-electron chi connectivity index (χ4n) is 2.35. The molecule has 1 unspecified atom stereocenters. The van der Waals surface area contributed by atoms with Crippen LogP contribution in [0.15, 0.2) is 17.3 Å². The highest BCUT2D eigenvalue weighted by molar-refractivity contribution is 6.04. The number of piperidine rings is 1. The standard InChI is InChI=1S/C10H12BN5O/c11-15-3-1-2-7(5-15)9-12-4-8-10(17)13-6-14-16(8)9/h4,6-7H,1-3,5H2,(H,13,14,17). The van der Waals surface area contributed by atoms with Crippen LogP contribution < -0.4 is 5.56 Å². The lowest BCUT2D eigenvalue weighted by Gasteiger charge is -2.29. The van der Waals surface area contributed by atoms with E-state index < -0.39 is 0 Å². The van der Waals surface area contributed by atoms with Gasteiger partial charge in [0.1, 0.15) is 12.2 Å². The quantitative estimate of drug-likeness (QED) is 0.680. The highest BCUT2D eigenvalue weighted by atomic mass is 16.1. The molecule has 0 spiro atoms. The van der Waals surface area contributed by atoms with Crippen LogP contribution >= 0.6 is 0 Å². The van der Waals surface area contributed by atoms with E-state index in [1.165, 1.54) is 6.33 Å². The Morgan fingerprint density at radius 2 is 2.41 bits per heavy atom. The van der Waals surface area contributed by atoms with Crippen molar-refractivity contribution in [3.8, 4) is 0 Å². The summed E-state index contributed by atoms with van der Waals surface area (Å²) in [5.41, 5.74) is 0.316. The zero-order valence-corrected chi connectivity index (χ0v) is 9.33. The predicted octanol–water partition coefficient (Wildman–Crippen LogP) is -0.320. The van der Waals surface area contributed by atoms with Gasteiger partial charge in [-0.15, -0.1) is 0 Å². The summed E-state index contributed by atoms with van der Waals surface area (Å²) in [6.45, 7) is 1.67. The monoisotopic (exact) mass is 229 g/mol. The van der Waals surface area contributed by atoms with Crippen molar-refractivity contribution >= 4 is 13.5 Å². The van der Waals surface area contributed by atoms with E-state index in [9.17, 15) is 4.79 Å². The van der Waals surface area contributed by atoms with Crippen LogP contribution in [0, 0.1) is 0 Å². The molecule has 0 saturated carbocycles. The van der Waals surface area contributed by atoms with Gasteiger partial charge in [-0.25, -0.2) is 9.50 Å². The number of H-pyrrole nitrogens is 1. The van der Waals surface area contributed by atoms with E-state index in [1.54, 1.807) is 15.5 Å². The summed E-state index contributed by atoms with van der Waals surface area (Å²) in [6, 6.07) is 0. The second kappa shape index (κ2) is 3.99. The van der Waals surface area contributed by atoms with E-state index in [1.807, 2.05) is 0 Å². The average molecular weight is 229 g/mol. The second-order valence-electron chi connectivity index (χ2n) is 4.37. The molecule has 2 aromatic rings. The molecular weight excluding hydrogens is 217 g/mol. The molecule has 1 saturated heterocycles. The van der Waals surface area contributed by atoms with Gasteiger partial charge in [-0.1, -0.05) is 0 Å². The first kappa shape index (κ1) is 10.5. The van der Waals surface area contributed by atoms with Crippen LogP contribution in [0.2, 0.25) is 0 Å². The van der Waals surface area contributed by atoms with Gasteiger partial charge in [0.15, 0.2) is 13.5 Å². The summed E-state index contributed by atoms with van der Waals surface area (Å²) in [6.07, 6.45) is 5.03. The Kier molecular flexibility index (Phi) is 2.47. The van der Waals surface area contributed by atoms with Crippen LogP contribution in [0.5, 0.6) is 0 Å². The van der Waals surface area contributed by atoms with Crippen LogP contribution in [0.4, 0.5) is 0 Å². The molecule has 6 nitrogen and oxygen atoms in total. The van der Waals surface area contributed by atoms with Crippen LogP contribution in [-0.4, -0.2) is 45.5 Å². The van der Waals surface area contributed by atoms with Gasteiger partial charge in [0.05, 0.1) is 6.20 Å². The third-order valence-corrected chi connectivity index (χ3v) is 3.18. The summed E-state index contributed by atoms with van der Waals surface area (Å²) in [4.78, 5) is 20.2. The Labute approximate surface area is 99.1 Å². The fourth-order valence-corrected chi connectivity index (χ4v) is 2.35. The van der Waals surface area contributed by atoms with Gasteiger partial charge in [-0.2, -0.15) is 5.10 Å². The molecule has 2 radical (unpaired) electrons. The number of rotatable bonds is 1. The van der Waals surface area contributed by atoms with E-state index in [0.717, 1.165) is 31.8 Å². The molecule has 1 aliphatic heterocycles. The SMILES string of the molecule is [B]N1CCCC(c2ncc3c(=O)[nH]cnn23)C1. The van der Waals surface area contributed by atoms with Gasteiger partial charge < -0.3 is 9.79 Å². The van der Waals surface area contributed by atoms with Crippen LogP contribution in [0.25, 0.3) is 5.52 Å². The molecule has 0 aromatic carbocycles. The summed E-state index contributed by atoms with van der Waals surface area (Å²) in [5.74, 6) is 1.06. The minimum Gasteiger partial charge on any atom is -0.353 e. The van der Waals surface area contributed by atoms with Crippen molar-refractivity contribution in [1.29, 1.82) is 0 Å². The maximum Gasteiger partial charge on any atom is 0.276 e. The maximum atomic E-state index is 11.5. The molecule has 0 bridgehead atoms. The first-order chi connectivity index (χ1) is 8.25. The van der Waals surface area contributed by atoms with Gasteiger partial charge in [0, 0.05) is 5.92 Å². The molecule has 3 heterocycles. The molecule has 3 rings (SSSR count). The third kappa shape index (κ3) is 1.76.